The first-order chi connectivity index (χ1) is 10.3. The quantitative estimate of drug-likeness (QED) is 0.778. The molecule has 21 heavy (non-hydrogen) atoms. The highest BCUT2D eigenvalue weighted by molar-refractivity contribution is 7.09. The largest absolute Gasteiger partial charge is 0.350 e. The number of hydrogen-bond acceptors (Lipinski definition) is 5. The minimum Gasteiger partial charge on any atom is -0.350 e. The molecule has 0 unspecified atom stereocenters. The Bertz CT molecular complexity index is 708. The number of rotatable bonds is 5. The van der Waals surface area contributed by atoms with E-state index in [0.717, 1.165) is 4.88 Å². The maximum Gasteiger partial charge on any atom is 0.240 e. The zero-order valence-corrected chi connectivity index (χ0v) is 12.0. The van der Waals surface area contributed by atoms with Gasteiger partial charge in [-0.3, -0.25) is 9.78 Å². The van der Waals surface area contributed by atoms with Gasteiger partial charge in [0.25, 0.3) is 0 Å². The van der Waals surface area contributed by atoms with Crippen molar-refractivity contribution >= 4 is 17.2 Å². The van der Waals surface area contributed by atoms with E-state index in [9.17, 15) is 4.79 Å². The molecule has 6 nitrogen and oxygen atoms in total. The Labute approximate surface area is 125 Å². The number of carbonyl (C=O) groups is 1. The topological polar surface area (TPSA) is 72.7 Å². The van der Waals surface area contributed by atoms with Crippen LogP contribution in [0, 0.1) is 0 Å². The normalized spacial score (nSPS) is 10.5. The van der Waals surface area contributed by atoms with Crippen molar-refractivity contribution in [2.45, 2.75) is 13.1 Å². The molecule has 3 aromatic heterocycles. The van der Waals surface area contributed by atoms with E-state index in [1.165, 1.54) is 0 Å². The summed E-state index contributed by atoms with van der Waals surface area (Å²) in [5.41, 5.74) is 0.647. The number of carbonyl (C=O) groups excluding carboxylic acids is 1. The predicted molar refractivity (Wildman–Crippen MR) is 79.4 cm³/mol. The van der Waals surface area contributed by atoms with Crippen molar-refractivity contribution in [2.75, 3.05) is 0 Å². The Balaban J connectivity index is 1.65. The van der Waals surface area contributed by atoms with Gasteiger partial charge in [0.2, 0.25) is 5.91 Å². The summed E-state index contributed by atoms with van der Waals surface area (Å²) < 4.78 is 1.76. The average Bonchev–Trinajstić information content (AvgIpc) is 3.17. The number of amides is 1. The zero-order valence-electron chi connectivity index (χ0n) is 11.1. The molecule has 0 radical (unpaired) electrons. The van der Waals surface area contributed by atoms with Gasteiger partial charge in [-0.15, -0.1) is 11.3 Å². The lowest BCUT2D eigenvalue weighted by Gasteiger charge is -2.07. The van der Waals surface area contributed by atoms with Gasteiger partial charge in [-0.2, -0.15) is 0 Å². The SMILES string of the molecule is O=C(Cn1ccnc1-c1cnccn1)NCc1cccs1. The highest BCUT2D eigenvalue weighted by atomic mass is 32.1. The molecule has 0 saturated carbocycles. The fourth-order valence-corrected chi connectivity index (χ4v) is 2.54. The summed E-state index contributed by atoms with van der Waals surface area (Å²) in [5.74, 6) is 0.570. The van der Waals surface area contributed by atoms with E-state index >= 15 is 0 Å². The van der Waals surface area contributed by atoms with Crippen molar-refractivity contribution in [3.8, 4) is 11.5 Å². The van der Waals surface area contributed by atoms with E-state index in [4.69, 9.17) is 0 Å². The molecule has 0 saturated heterocycles. The van der Waals surface area contributed by atoms with E-state index in [1.807, 2.05) is 17.5 Å². The zero-order chi connectivity index (χ0) is 14.5. The molecular weight excluding hydrogens is 286 g/mol. The highest BCUT2D eigenvalue weighted by Crippen LogP contribution is 2.13. The van der Waals surface area contributed by atoms with Crippen LogP contribution in [-0.2, 0) is 17.9 Å². The Hall–Kier alpha value is -2.54. The van der Waals surface area contributed by atoms with Crippen molar-refractivity contribution in [1.29, 1.82) is 0 Å². The number of thiophene rings is 1. The molecule has 7 heteroatoms. The second kappa shape index (κ2) is 6.27. The first-order valence-corrected chi connectivity index (χ1v) is 7.27. The molecule has 0 atom stereocenters. The van der Waals surface area contributed by atoms with Crippen LogP contribution in [0.1, 0.15) is 4.88 Å². The van der Waals surface area contributed by atoms with E-state index in [-0.39, 0.29) is 12.5 Å². The summed E-state index contributed by atoms with van der Waals surface area (Å²) in [4.78, 5) is 25.6. The summed E-state index contributed by atoms with van der Waals surface area (Å²) >= 11 is 1.62. The first-order valence-electron chi connectivity index (χ1n) is 6.39. The van der Waals surface area contributed by atoms with E-state index in [2.05, 4.69) is 20.3 Å². The van der Waals surface area contributed by atoms with E-state index < -0.39 is 0 Å². The lowest BCUT2D eigenvalue weighted by molar-refractivity contribution is -0.121. The molecule has 3 aromatic rings. The van der Waals surface area contributed by atoms with Crippen LogP contribution in [0.3, 0.4) is 0 Å². The highest BCUT2D eigenvalue weighted by Gasteiger charge is 2.10. The van der Waals surface area contributed by atoms with E-state index in [1.54, 1.807) is 46.9 Å². The van der Waals surface area contributed by atoms with Gasteiger partial charge in [-0.25, -0.2) is 9.97 Å². The monoisotopic (exact) mass is 299 g/mol. The summed E-state index contributed by atoms with van der Waals surface area (Å²) in [7, 11) is 0. The molecule has 0 fully saturated rings. The summed E-state index contributed by atoms with van der Waals surface area (Å²) in [5, 5.41) is 4.88. The Kier molecular flexibility index (Phi) is 4.02. The maximum atomic E-state index is 12.0. The molecule has 0 spiro atoms. The average molecular weight is 299 g/mol. The smallest absolute Gasteiger partial charge is 0.240 e. The third-order valence-electron chi connectivity index (χ3n) is 2.86. The maximum absolute atomic E-state index is 12.0. The lowest BCUT2D eigenvalue weighted by atomic mass is 10.4. The Morgan fingerprint density at radius 1 is 1.29 bits per heavy atom. The molecule has 0 aliphatic carbocycles. The molecule has 1 N–H and O–H groups in total. The van der Waals surface area contributed by atoms with Crippen LogP contribution >= 0.6 is 11.3 Å². The third-order valence-corrected chi connectivity index (χ3v) is 3.74. The standard InChI is InChI=1S/C14H13N5OS/c20-13(18-8-11-2-1-7-21-11)10-19-6-5-17-14(19)12-9-15-3-4-16-12/h1-7,9H,8,10H2,(H,18,20). The fraction of sp³-hybridized carbons (Fsp3) is 0.143. The van der Waals surface area contributed by atoms with Crippen LogP contribution in [0.5, 0.6) is 0 Å². The number of nitrogens with zero attached hydrogens (tertiary/aromatic N) is 4. The van der Waals surface area contributed by atoms with Gasteiger partial charge in [-0.1, -0.05) is 6.07 Å². The van der Waals surface area contributed by atoms with Gasteiger partial charge < -0.3 is 9.88 Å². The molecule has 0 aliphatic heterocycles. The number of imidazole rings is 1. The molecule has 0 bridgehead atoms. The number of hydrogen-bond donors (Lipinski definition) is 1. The van der Waals surface area contributed by atoms with Crippen LogP contribution in [0.25, 0.3) is 11.5 Å². The molecule has 3 rings (SSSR count). The van der Waals surface area contributed by atoms with Crippen LogP contribution in [0.2, 0.25) is 0 Å². The lowest BCUT2D eigenvalue weighted by Crippen LogP contribution is -2.26. The third kappa shape index (κ3) is 3.32. The fourth-order valence-electron chi connectivity index (χ4n) is 1.89. The molecule has 3 heterocycles. The second-order valence-corrected chi connectivity index (χ2v) is 5.36. The predicted octanol–water partition coefficient (Wildman–Crippen LogP) is 1.72. The van der Waals surface area contributed by atoms with Gasteiger partial charge in [0.05, 0.1) is 12.7 Å². The van der Waals surface area contributed by atoms with Gasteiger partial charge in [0.1, 0.15) is 12.2 Å². The van der Waals surface area contributed by atoms with Gasteiger partial charge in [0, 0.05) is 29.7 Å². The number of aromatic nitrogens is 4. The van der Waals surface area contributed by atoms with Gasteiger partial charge in [-0.05, 0) is 11.4 Å². The van der Waals surface area contributed by atoms with Crippen LogP contribution < -0.4 is 5.32 Å². The van der Waals surface area contributed by atoms with Crippen molar-refractivity contribution in [1.82, 2.24) is 24.8 Å². The summed E-state index contributed by atoms with van der Waals surface area (Å²) in [6.45, 7) is 0.753. The Morgan fingerprint density at radius 3 is 3.00 bits per heavy atom. The van der Waals surface area contributed by atoms with Gasteiger partial charge in [0.15, 0.2) is 5.82 Å². The van der Waals surface area contributed by atoms with Crippen molar-refractivity contribution < 1.29 is 4.79 Å². The molecule has 0 aliphatic rings. The van der Waals surface area contributed by atoms with Crippen molar-refractivity contribution in [2.24, 2.45) is 0 Å². The summed E-state index contributed by atoms with van der Waals surface area (Å²) in [6, 6.07) is 3.96. The summed E-state index contributed by atoms with van der Waals surface area (Å²) in [6.07, 6.45) is 8.24. The van der Waals surface area contributed by atoms with Crippen LogP contribution in [0.4, 0.5) is 0 Å². The minimum atomic E-state index is -0.0634. The first kappa shape index (κ1) is 13.4. The molecule has 0 aromatic carbocycles. The van der Waals surface area contributed by atoms with Gasteiger partial charge >= 0.3 is 0 Å². The van der Waals surface area contributed by atoms with Crippen LogP contribution in [-0.4, -0.2) is 25.4 Å². The molecule has 1 amide bonds. The number of nitrogens with one attached hydrogen (secondary N) is 1. The minimum absolute atomic E-state index is 0.0634. The molecule has 106 valence electrons. The Morgan fingerprint density at radius 2 is 2.24 bits per heavy atom. The molecular formula is C14H13N5OS. The van der Waals surface area contributed by atoms with Crippen molar-refractivity contribution in [3.63, 3.8) is 0 Å². The van der Waals surface area contributed by atoms with Crippen molar-refractivity contribution in [3.05, 3.63) is 53.4 Å². The van der Waals surface area contributed by atoms with Crippen LogP contribution in [0.15, 0.2) is 48.5 Å². The van der Waals surface area contributed by atoms with E-state index in [0.29, 0.717) is 18.1 Å². The second-order valence-electron chi connectivity index (χ2n) is 4.33.